The highest BCUT2D eigenvalue weighted by Gasteiger charge is 2.21. The lowest BCUT2D eigenvalue weighted by Gasteiger charge is -2.23. The number of rotatable bonds is 2. The second-order valence-corrected chi connectivity index (χ2v) is 5.48. The Hall–Kier alpha value is -0.960. The van der Waals surface area contributed by atoms with Crippen molar-refractivity contribution in [2.24, 2.45) is 0 Å². The smallest absolute Gasteiger partial charge is 0.164 e. The van der Waals surface area contributed by atoms with E-state index in [-0.39, 0.29) is 0 Å². The largest absolute Gasteiger partial charge is 0.493 e. The van der Waals surface area contributed by atoms with Gasteiger partial charge in [0.1, 0.15) is 0 Å². The lowest BCUT2D eigenvalue weighted by atomic mass is 9.89. The van der Waals surface area contributed by atoms with E-state index in [1.54, 1.807) is 14.2 Å². The van der Waals surface area contributed by atoms with Crippen molar-refractivity contribution < 1.29 is 9.47 Å². The number of methoxy groups -OCH3 is 2. The summed E-state index contributed by atoms with van der Waals surface area (Å²) in [7, 11) is 3.36. The summed E-state index contributed by atoms with van der Waals surface area (Å²) in [6, 6.07) is 2.08. The highest BCUT2D eigenvalue weighted by Crippen LogP contribution is 2.40. The highest BCUT2D eigenvalue weighted by atomic mass is 79.9. The van der Waals surface area contributed by atoms with Crippen molar-refractivity contribution in [3.63, 3.8) is 0 Å². The fourth-order valence-electron chi connectivity index (χ4n) is 2.30. The zero-order chi connectivity index (χ0) is 12.6. The van der Waals surface area contributed by atoms with E-state index in [0.717, 1.165) is 23.5 Å². The van der Waals surface area contributed by atoms with Crippen molar-refractivity contribution in [3.8, 4) is 11.5 Å². The van der Waals surface area contributed by atoms with Crippen LogP contribution in [0.25, 0.3) is 6.08 Å². The standard InChI is InChI=1S/C14H17BrO2/c1-8-5-11-9(2)14(17-4)13(16-3)7-10(11)6-12(8)15/h5,7,12H,6H2,1-4H3/t12-/m0/s1. The lowest BCUT2D eigenvalue weighted by molar-refractivity contribution is 0.352. The van der Waals surface area contributed by atoms with Gasteiger partial charge in [0.15, 0.2) is 11.5 Å². The average Bonchev–Trinajstić information content (AvgIpc) is 2.31. The summed E-state index contributed by atoms with van der Waals surface area (Å²) in [5.41, 5.74) is 5.09. The third-order valence-electron chi connectivity index (χ3n) is 3.31. The normalized spacial score (nSPS) is 18.4. The van der Waals surface area contributed by atoms with Gasteiger partial charge in [-0.25, -0.2) is 0 Å². The molecule has 0 fully saturated rings. The van der Waals surface area contributed by atoms with E-state index in [1.165, 1.54) is 16.7 Å². The first-order valence-corrected chi connectivity index (χ1v) is 6.56. The second-order valence-electron chi connectivity index (χ2n) is 4.37. The second kappa shape index (κ2) is 4.73. The first-order valence-electron chi connectivity index (χ1n) is 5.65. The van der Waals surface area contributed by atoms with Gasteiger partial charge in [-0.15, -0.1) is 0 Å². The van der Waals surface area contributed by atoms with Gasteiger partial charge in [0.05, 0.1) is 14.2 Å². The van der Waals surface area contributed by atoms with Crippen LogP contribution in [0.2, 0.25) is 0 Å². The molecule has 0 bridgehead atoms. The van der Waals surface area contributed by atoms with Crippen molar-refractivity contribution in [3.05, 3.63) is 28.3 Å². The molecular weight excluding hydrogens is 280 g/mol. The zero-order valence-electron chi connectivity index (χ0n) is 10.6. The molecule has 17 heavy (non-hydrogen) atoms. The maximum Gasteiger partial charge on any atom is 0.164 e. The number of halogens is 1. The molecule has 1 atom stereocenters. The van der Waals surface area contributed by atoms with Gasteiger partial charge in [-0.2, -0.15) is 0 Å². The third-order valence-corrected chi connectivity index (χ3v) is 4.35. The SMILES string of the molecule is COc1cc2c(c(C)c1OC)C=C(C)[C@@H](Br)C2. The maximum absolute atomic E-state index is 5.43. The van der Waals surface area contributed by atoms with Gasteiger partial charge >= 0.3 is 0 Å². The fourth-order valence-corrected chi connectivity index (χ4v) is 2.78. The predicted molar refractivity (Wildman–Crippen MR) is 74.4 cm³/mol. The predicted octanol–water partition coefficient (Wildman–Crippen LogP) is 3.74. The molecule has 2 nitrogen and oxygen atoms in total. The van der Waals surface area contributed by atoms with E-state index in [0.29, 0.717) is 4.83 Å². The Kier molecular flexibility index (Phi) is 3.48. The first-order chi connectivity index (χ1) is 8.08. The van der Waals surface area contributed by atoms with Gasteiger partial charge in [-0.3, -0.25) is 0 Å². The molecular formula is C14H17BrO2. The third kappa shape index (κ3) is 2.08. The number of allylic oxidation sites excluding steroid dienone is 1. The van der Waals surface area contributed by atoms with Crippen molar-refractivity contribution in [1.82, 2.24) is 0 Å². The fraction of sp³-hybridized carbons (Fsp3) is 0.429. The van der Waals surface area contributed by atoms with E-state index in [1.807, 2.05) is 0 Å². The van der Waals surface area contributed by atoms with Crippen molar-refractivity contribution in [1.29, 1.82) is 0 Å². The molecule has 1 aromatic carbocycles. The molecule has 0 unspecified atom stereocenters. The molecule has 1 aliphatic carbocycles. The first kappa shape index (κ1) is 12.5. The molecule has 1 aliphatic rings. The summed E-state index contributed by atoms with van der Waals surface area (Å²) in [5, 5.41) is 0. The quantitative estimate of drug-likeness (QED) is 0.774. The topological polar surface area (TPSA) is 18.5 Å². The number of fused-ring (bicyclic) bond motifs is 1. The Morgan fingerprint density at radius 1 is 1.24 bits per heavy atom. The number of hydrogen-bond donors (Lipinski definition) is 0. The highest BCUT2D eigenvalue weighted by molar-refractivity contribution is 9.09. The average molecular weight is 297 g/mol. The van der Waals surface area contributed by atoms with Crippen LogP contribution < -0.4 is 9.47 Å². The van der Waals surface area contributed by atoms with Crippen LogP contribution in [-0.2, 0) is 6.42 Å². The summed E-state index contributed by atoms with van der Waals surface area (Å²) in [6.45, 7) is 4.23. The Balaban J connectivity index is 2.64. The van der Waals surface area contributed by atoms with Gasteiger partial charge < -0.3 is 9.47 Å². The maximum atomic E-state index is 5.43. The van der Waals surface area contributed by atoms with Crippen molar-refractivity contribution in [2.75, 3.05) is 14.2 Å². The van der Waals surface area contributed by atoms with Crippen LogP contribution in [0.5, 0.6) is 11.5 Å². The van der Waals surface area contributed by atoms with Crippen molar-refractivity contribution in [2.45, 2.75) is 25.1 Å². The molecule has 0 N–H and O–H groups in total. The summed E-state index contributed by atoms with van der Waals surface area (Å²) in [6.07, 6.45) is 3.23. The van der Waals surface area contributed by atoms with Gasteiger partial charge in [0.25, 0.3) is 0 Å². The Bertz CT molecular complexity index is 478. The minimum atomic E-state index is 0.424. The molecule has 92 valence electrons. The van der Waals surface area contributed by atoms with Crippen LogP contribution in [0.1, 0.15) is 23.6 Å². The number of benzene rings is 1. The molecule has 0 saturated carbocycles. The number of ether oxygens (including phenoxy) is 2. The minimum Gasteiger partial charge on any atom is -0.493 e. The van der Waals surface area contributed by atoms with E-state index in [9.17, 15) is 0 Å². The Morgan fingerprint density at radius 2 is 1.94 bits per heavy atom. The molecule has 3 heteroatoms. The van der Waals surface area contributed by atoms with Crippen molar-refractivity contribution >= 4 is 22.0 Å². The van der Waals surface area contributed by atoms with E-state index in [2.05, 4.69) is 41.9 Å². The number of hydrogen-bond acceptors (Lipinski definition) is 2. The minimum absolute atomic E-state index is 0.424. The molecule has 0 amide bonds. The van der Waals surface area contributed by atoms with Gasteiger partial charge in [0.2, 0.25) is 0 Å². The summed E-state index contributed by atoms with van der Waals surface area (Å²) in [4.78, 5) is 0.424. The molecule has 0 heterocycles. The summed E-state index contributed by atoms with van der Waals surface area (Å²) < 4.78 is 10.8. The molecule has 2 rings (SSSR count). The molecule has 0 saturated heterocycles. The molecule has 0 aliphatic heterocycles. The van der Waals surface area contributed by atoms with Gasteiger partial charge in [-0.05, 0) is 37.5 Å². The monoisotopic (exact) mass is 296 g/mol. The molecule has 0 spiro atoms. The molecule has 0 radical (unpaired) electrons. The molecule has 1 aromatic rings. The van der Waals surface area contributed by atoms with Crippen LogP contribution in [-0.4, -0.2) is 19.0 Å². The van der Waals surface area contributed by atoms with Gasteiger partial charge in [0, 0.05) is 10.4 Å². The van der Waals surface area contributed by atoms with E-state index >= 15 is 0 Å². The Labute approximate surface area is 111 Å². The van der Waals surface area contributed by atoms with Crippen LogP contribution in [0.15, 0.2) is 11.6 Å². The van der Waals surface area contributed by atoms with Gasteiger partial charge in [-0.1, -0.05) is 27.6 Å². The van der Waals surface area contributed by atoms with E-state index < -0.39 is 0 Å². The summed E-state index contributed by atoms with van der Waals surface area (Å²) in [5.74, 6) is 1.65. The molecule has 0 aromatic heterocycles. The van der Waals surface area contributed by atoms with Crippen LogP contribution >= 0.6 is 15.9 Å². The lowest BCUT2D eigenvalue weighted by Crippen LogP contribution is -2.12. The van der Waals surface area contributed by atoms with Crippen LogP contribution in [0.3, 0.4) is 0 Å². The summed E-state index contributed by atoms with van der Waals surface area (Å²) >= 11 is 3.69. The number of alkyl halides is 1. The van der Waals surface area contributed by atoms with Crippen LogP contribution in [0, 0.1) is 6.92 Å². The Morgan fingerprint density at radius 3 is 2.53 bits per heavy atom. The van der Waals surface area contributed by atoms with Crippen LogP contribution in [0.4, 0.5) is 0 Å². The van der Waals surface area contributed by atoms with E-state index in [4.69, 9.17) is 9.47 Å². The zero-order valence-corrected chi connectivity index (χ0v) is 12.2.